The Labute approximate surface area is 179 Å². The Morgan fingerprint density at radius 1 is 0.903 bits per heavy atom. The first-order valence-corrected chi connectivity index (χ1v) is 9.78. The monoisotopic (exact) mass is 447 g/mol. The second-order valence-electron chi connectivity index (χ2n) is 6.37. The van der Waals surface area contributed by atoms with Crippen LogP contribution in [0.3, 0.4) is 0 Å². The summed E-state index contributed by atoms with van der Waals surface area (Å²) in [6.07, 6.45) is -0.583. The molecule has 13 heteroatoms. The number of ether oxygens (including phenoxy) is 4. The number of amides is 4. The molecule has 1 fully saturated rings. The Morgan fingerprint density at radius 3 is 2.06 bits per heavy atom. The van der Waals surface area contributed by atoms with Gasteiger partial charge in [-0.3, -0.25) is 9.59 Å². The highest BCUT2D eigenvalue weighted by molar-refractivity contribution is 6.01. The van der Waals surface area contributed by atoms with Crippen molar-refractivity contribution in [2.45, 2.75) is 38.1 Å². The predicted octanol–water partition coefficient (Wildman–Crippen LogP) is -0.122. The summed E-state index contributed by atoms with van der Waals surface area (Å²) in [6, 6.07) is -1.16. The van der Waals surface area contributed by atoms with E-state index in [4.69, 9.17) is 23.8 Å². The van der Waals surface area contributed by atoms with Gasteiger partial charge in [0, 0.05) is 33.6 Å². The summed E-state index contributed by atoms with van der Waals surface area (Å²) in [5.41, 5.74) is 0. The zero-order valence-electron chi connectivity index (χ0n) is 17.7. The topological polar surface area (TPSA) is 159 Å². The van der Waals surface area contributed by atoms with Crippen LogP contribution in [0.5, 0.6) is 0 Å². The van der Waals surface area contributed by atoms with Gasteiger partial charge < -0.3 is 34.4 Å². The first kappa shape index (κ1) is 26.1. The lowest BCUT2D eigenvalue weighted by atomic mass is 10.1. The predicted molar refractivity (Wildman–Crippen MR) is 102 cm³/mol. The number of methoxy groups -OCH3 is 2. The van der Waals surface area contributed by atoms with Gasteiger partial charge in [-0.25, -0.2) is 14.4 Å². The van der Waals surface area contributed by atoms with Crippen molar-refractivity contribution in [2.75, 3.05) is 47.2 Å². The largest absolute Gasteiger partial charge is 0.447 e. The second-order valence-corrected chi connectivity index (χ2v) is 6.37. The molecule has 0 radical (unpaired) electrons. The summed E-state index contributed by atoms with van der Waals surface area (Å²) in [4.78, 5) is 63.9. The van der Waals surface area contributed by atoms with Gasteiger partial charge in [-0.1, -0.05) is 0 Å². The fraction of sp³-hybridized carbons (Fsp3) is 0.722. The minimum atomic E-state index is -1.16. The number of carbonyl (C=O) groups excluding carboxylic acids is 5. The van der Waals surface area contributed by atoms with Crippen LogP contribution in [-0.2, 0) is 38.2 Å². The van der Waals surface area contributed by atoms with Gasteiger partial charge in [0.25, 0.3) is 11.8 Å². The van der Waals surface area contributed by atoms with E-state index in [9.17, 15) is 24.0 Å². The van der Waals surface area contributed by atoms with Crippen LogP contribution in [-0.4, -0.2) is 88.3 Å². The number of unbranched alkanes of at least 4 members (excludes halogenated alkanes) is 1. The number of hydrogen-bond donors (Lipinski definition) is 2. The Kier molecular flexibility index (Phi) is 12.6. The maximum absolute atomic E-state index is 12.4. The van der Waals surface area contributed by atoms with Crippen LogP contribution in [0.4, 0.5) is 9.59 Å². The lowest BCUT2D eigenvalue weighted by molar-refractivity contribution is -0.199. The lowest BCUT2D eigenvalue weighted by Gasteiger charge is -2.20. The van der Waals surface area contributed by atoms with Gasteiger partial charge >= 0.3 is 18.2 Å². The van der Waals surface area contributed by atoms with Crippen molar-refractivity contribution in [1.29, 1.82) is 0 Å². The third kappa shape index (κ3) is 10.6. The highest BCUT2D eigenvalue weighted by atomic mass is 16.7. The zero-order valence-corrected chi connectivity index (χ0v) is 17.7. The number of alkyl carbamates (subject to hydrolysis) is 2. The highest BCUT2D eigenvalue weighted by Gasteiger charge is 2.35. The van der Waals surface area contributed by atoms with Gasteiger partial charge in [0.2, 0.25) is 0 Å². The molecular weight excluding hydrogens is 418 g/mol. The molecule has 1 atom stereocenters. The Hall–Kier alpha value is -2.93. The first-order chi connectivity index (χ1) is 14.9. The normalized spacial score (nSPS) is 14.2. The molecule has 0 bridgehead atoms. The molecular formula is C18H29N3O10. The average molecular weight is 447 g/mol. The van der Waals surface area contributed by atoms with Gasteiger partial charge in [0.15, 0.2) is 0 Å². The molecule has 0 aromatic carbocycles. The molecule has 1 heterocycles. The van der Waals surface area contributed by atoms with E-state index >= 15 is 0 Å². The van der Waals surface area contributed by atoms with Crippen LogP contribution < -0.4 is 10.6 Å². The number of hydrogen-bond acceptors (Lipinski definition) is 10. The molecule has 13 nitrogen and oxygen atoms in total. The van der Waals surface area contributed by atoms with E-state index in [-0.39, 0.29) is 52.2 Å². The maximum Gasteiger partial charge on any atom is 0.407 e. The Morgan fingerprint density at radius 2 is 1.48 bits per heavy atom. The average Bonchev–Trinajstić information content (AvgIpc) is 3.05. The number of nitrogens with zero attached hydrogens (tertiary/aromatic N) is 1. The SMILES string of the molecule is COCCOC(=O)NCCCCC(NC(=O)OCCOC)C(=O)ON1C(=O)CCC1=O. The molecule has 1 rings (SSSR count). The van der Waals surface area contributed by atoms with Crippen molar-refractivity contribution in [2.24, 2.45) is 0 Å². The zero-order chi connectivity index (χ0) is 23.1. The molecule has 1 saturated heterocycles. The van der Waals surface area contributed by atoms with E-state index in [0.29, 0.717) is 17.9 Å². The smallest absolute Gasteiger partial charge is 0.407 e. The van der Waals surface area contributed by atoms with Gasteiger partial charge in [0.05, 0.1) is 13.2 Å². The molecule has 1 aliphatic rings. The maximum atomic E-state index is 12.4. The fourth-order valence-electron chi connectivity index (χ4n) is 2.39. The van der Waals surface area contributed by atoms with Gasteiger partial charge in [-0.2, -0.15) is 0 Å². The molecule has 31 heavy (non-hydrogen) atoms. The number of hydroxylamine groups is 2. The fourth-order valence-corrected chi connectivity index (χ4v) is 2.39. The molecule has 0 aliphatic carbocycles. The van der Waals surface area contributed by atoms with E-state index in [1.54, 1.807) is 0 Å². The Balaban J connectivity index is 2.49. The summed E-state index contributed by atoms with van der Waals surface area (Å²) >= 11 is 0. The van der Waals surface area contributed by atoms with E-state index in [1.807, 2.05) is 0 Å². The van der Waals surface area contributed by atoms with E-state index in [2.05, 4.69) is 10.6 Å². The van der Waals surface area contributed by atoms with Crippen molar-refractivity contribution in [3.05, 3.63) is 0 Å². The molecule has 0 aromatic rings. The van der Waals surface area contributed by atoms with Crippen molar-refractivity contribution in [3.8, 4) is 0 Å². The molecule has 176 valence electrons. The van der Waals surface area contributed by atoms with Crippen LogP contribution >= 0.6 is 0 Å². The second kappa shape index (κ2) is 15.0. The summed E-state index contributed by atoms with van der Waals surface area (Å²) in [5.74, 6) is -2.23. The molecule has 0 saturated carbocycles. The van der Waals surface area contributed by atoms with Crippen LogP contribution in [0.25, 0.3) is 0 Å². The van der Waals surface area contributed by atoms with Gasteiger partial charge in [0.1, 0.15) is 19.3 Å². The standard InChI is InChI=1S/C18H29N3O10/c1-27-9-11-29-17(25)19-8-4-3-5-13(20-18(26)30-12-10-28-2)16(24)31-21-14(22)6-7-15(21)23/h13H,3-12H2,1-2H3,(H,19,25)(H,20,26). The summed E-state index contributed by atoms with van der Waals surface area (Å²) < 4.78 is 19.2. The molecule has 1 aliphatic heterocycles. The van der Waals surface area contributed by atoms with Gasteiger partial charge in [-0.05, 0) is 19.3 Å². The summed E-state index contributed by atoms with van der Waals surface area (Å²) in [6.45, 7) is 0.827. The van der Waals surface area contributed by atoms with Crippen molar-refractivity contribution in [3.63, 3.8) is 0 Å². The molecule has 2 N–H and O–H groups in total. The van der Waals surface area contributed by atoms with Crippen LogP contribution in [0.15, 0.2) is 0 Å². The molecule has 0 aromatic heterocycles. The number of carbonyl (C=O) groups is 5. The molecule has 4 amide bonds. The number of nitrogens with one attached hydrogen (secondary N) is 2. The van der Waals surface area contributed by atoms with Crippen LogP contribution in [0.1, 0.15) is 32.1 Å². The molecule has 1 unspecified atom stereocenters. The third-order valence-electron chi connectivity index (χ3n) is 3.99. The minimum Gasteiger partial charge on any atom is -0.447 e. The van der Waals surface area contributed by atoms with E-state index in [1.165, 1.54) is 14.2 Å². The molecule has 0 spiro atoms. The van der Waals surface area contributed by atoms with E-state index in [0.717, 1.165) is 0 Å². The Bertz CT molecular complexity index is 612. The van der Waals surface area contributed by atoms with Crippen molar-refractivity contribution >= 4 is 30.0 Å². The third-order valence-corrected chi connectivity index (χ3v) is 3.99. The lowest BCUT2D eigenvalue weighted by Crippen LogP contribution is -2.45. The van der Waals surface area contributed by atoms with Crippen molar-refractivity contribution in [1.82, 2.24) is 15.7 Å². The number of rotatable bonds is 14. The minimum absolute atomic E-state index is 0.0255. The van der Waals surface area contributed by atoms with Gasteiger partial charge in [-0.15, -0.1) is 5.06 Å². The highest BCUT2D eigenvalue weighted by Crippen LogP contribution is 2.14. The first-order valence-electron chi connectivity index (χ1n) is 9.78. The number of imide groups is 1. The van der Waals surface area contributed by atoms with Crippen molar-refractivity contribution < 1.29 is 47.8 Å². The van der Waals surface area contributed by atoms with Crippen LogP contribution in [0.2, 0.25) is 0 Å². The van der Waals surface area contributed by atoms with E-state index < -0.39 is 36.0 Å². The quantitative estimate of drug-likeness (QED) is 0.271. The summed E-state index contributed by atoms with van der Waals surface area (Å²) in [7, 11) is 2.92. The van der Waals surface area contributed by atoms with Crippen LogP contribution in [0, 0.1) is 0 Å². The summed E-state index contributed by atoms with van der Waals surface area (Å²) in [5, 5.41) is 5.29.